The zero-order valence-electron chi connectivity index (χ0n) is 11.7. The normalized spacial score (nSPS) is 22.4. The highest BCUT2D eigenvalue weighted by molar-refractivity contribution is 7.99. The highest BCUT2D eigenvalue weighted by atomic mass is 32.2. The molecule has 0 spiro atoms. The lowest BCUT2D eigenvalue weighted by Crippen LogP contribution is -2.38. The number of sulfonamides is 1. The largest absolute Gasteiger partial charge is 0.374 e. The molecule has 2 unspecified atom stereocenters. The van der Waals surface area contributed by atoms with Gasteiger partial charge in [0.2, 0.25) is 0 Å². The molecule has 10 heteroatoms. The third-order valence-electron chi connectivity index (χ3n) is 3.44. The average molecular weight is 351 g/mol. The Labute approximate surface area is 131 Å². The number of nitrogens with zero attached hydrogens (tertiary/aromatic N) is 1. The Morgan fingerprint density at radius 2 is 2.19 bits per heavy atom. The zero-order valence-corrected chi connectivity index (χ0v) is 14.1. The average Bonchev–Trinajstić information content (AvgIpc) is 3.03. The maximum absolute atomic E-state index is 12.4. The molecule has 0 aliphatic heterocycles. The maximum atomic E-state index is 12.4. The van der Waals surface area contributed by atoms with Gasteiger partial charge in [0.05, 0.1) is 4.92 Å². The summed E-state index contributed by atoms with van der Waals surface area (Å²) in [5.74, 6) is 0. The lowest BCUT2D eigenvalue weighted by Gasteiger charge is -2.18. The van der Waals surface area contributed by atoms with Crippen molar-refractivity contribution in [1.82, 2.24) is 4.72 Å². The first-order chi connectivity index (χ1) is 9.89. The number of hydrogen-bond acceptors (Lipinski definition) is 7. The number of nitrogens with one attached hydrogen (secondary N) is 2. The molecule has 1 fully saturated rings. The van der Waals surface area contributed by atoms with Crippen molar-refractivity contribution in [3.8, 4) is 0 Å². The Morgan fingerprint density at radius 3 is 2.71 bits per heavy atom. The summed E-state index contributed by atoms with van der Waals surface area (Å²) >= 11 is 2.53. The molecule has 0 amide bonds. The van der Waals surface area contributed by atoms with Crippen molar-refractivity contribution in [2.75, 3.05) is 18.6 Å². The van der Waals surface area contributed by atoms with Crippen molar-refractivity contribution in [3.63, 3.8) is 0 Å². The number of nitro groups is 1. The molecule has 1 aliphatic carbocycles. The van der Waals surface area contributed by atoms with E-state index in [0.29, 0.717) is 0 Å². The second-order valence-corrected chi connectivity index (χ2v) is 8.79. The molecule has 0 aromatic carbocycles. The van der Waals surface area contributed by atoms with Gasteiger partial charge >= 0.3 is 5.69 Å². The van der Waals surface area contributed by atoms with E-state index in [2.05, 4.69) is 10.0 Å². The van der Waals surface area contributed by atoms with Crippen molar-refractivity contribution < 1.29 is 13.3 Å². The summed E-state index contributed by atoms with van der Waals surface area (Å²) in [7, 11) is -2.19. The first-order valence-electron chi connectivity index (χ1n) is 6.40. The van der Waals surface area contributed by atoms with E-state index in [9.17, 15) is 18.5 Å². The highest BCUT2D eigenvalue weighted by Gasteiger charge is 2.33. The van der Waals surface area contributed by atoms with Crippen LogP contribution >= 0.6 is 23.1 Å². The summed E-state index contributed by atoms with van der Waals surface area (Å²) in [6, 6.07) is 1.01. The van der Waals surface area contributed by atoms with Gasteiger partial charge in [-0.1, -0.05) is 17.8 Å². The quantitative estimate of drug-likeness (QED) is 0.602. The summed E-state index contributed by atoms with van der Waals surface area (Å²) in [6.45, 7) is 0. The van der Waals surface area contributed by atoms with Crippen molar-refractivity contribution in [3.05, 3.63) is 16.2 Å². The van der Waals surface area contributed by atoms with E-state index >= 15 is 0 Å². The Balaban J connectivity index is 2.25. The van der Waals surface area contributed by atoms with Crippen LogP contribution in [0.25, 0.3) is 0 Å². The Kier molecular flexibility index (Phi) is 5.12. The zero-order chi connectivity index (χ0) is 15.6. The number of hydrogen-bond donors (Lipinski definition) is 2. The predicted octanol–water partition coefficient (Wildman–Crippen LogP) is 2.26. The van der Waals surface area contributed by atoms with Crippen LogP contribution < -0.4 is 10.0 Å². The van der Waals surface area contributed by atoms with Gasteiger partial charge in [0.1, 0.15) is 4.21 Å². The summed E-state index contributed by atoms with van der Waals surface area (Å²) < 4.78 is 27.5. The Bertz CT molecular complexity index is 629. The second-order valence-electron chi connectivity index (χ2n) is 4.72. The molecular formula is C11H17N3O4S3. The van der Waals surface area contributed by atoms with E-state index in [1.165, 1.54) is 7.05 Å². The molecule has 2 rings (SSSR count). The van der Waals surface area contributed by atoms with Gasteiger partial charge in [-0.15, -0.1) is 0 Å². The first kappa shape index (κ1) is 16.5. The van der Waals surface area contributed by atoms with Crippen LogP contribution in [0, 0.1) is 10.1 Å². The smallest absolute Gasteiger partial charge is 0.304 e. The van der Waals surface area contributed by atoms with Gasteiger partial charge in [0, 0.05) is 24.4 Å². The van der Waals surface area contributed by atoms with Crippen LogP contribution in [0.5, 0.6) is 0 Å². The molecule has 1 aromatic rings. The third-order valence-corrected chi connectivity index (χ3v) is 7.72. The van der Waals surface area contributed by atoms with Gasteiger partial charge in [0.15, 0.2) is 5.00 Å². The minimum absolute atomic E-state index is 0.0229. The molecule has 1 aliphatic rings. The fourth-order valence-electron chi connectivity index (χ4n) is 2.41. The summed E-state index contributed by atoms with van der Waals surface area (Å²) in [6.07, 6.45) is 4.75. The van der Waals surface area contributed by atoms with Crippen LogP contribution in [0.15, 0.2) is 10.3 Å². The van der Waals surface area contributed by atoms with E-state index in [0.717, 1.165) is 36.7 Å². The molecule has 0 radical (unpaired) electrons. The van der Waals surface area contributed by atoms with Crippen molar-refractivity contribution in [2.24, 2.45) is 0 Å². The standard InChI is InChI=1S/C11H17N3O4S3/c1-12-11-8(14(15)16)6-10(20-11)21(17,18)13-7-4-3-5-9(7)19-2/h6-7,9,12-13H,3-5H2,1-2H3. The molecule has 118 valence electrons. The minimum atomic E-state index is -3.72. The van der Waals surface area contributed by atoms with Crippen LogP contribution in [0.4, 0.5) is 10.7 Å². The SMILES string of the molecule is CNc1sc(S(=O)(=O)NC2CCCC2SC)cc1[N+](=O)[O-]. The van der Waals surface area contributed by atoms with Crippen molar-refractivity contribution in [2.45, 2.75) is 34.8 Å². The van der Waals surface area contributed by atoms with Crippen LogP contribution in [0.2, 0.25) is 0 Å². The fraction of sp³-hybridized carbons (Fsp3) is 0.636. The van der Waals surface area contributed by atoms with E-state index < -0.39 is 14.9 Å². The molecule has 0 saturated heterocycles. The van der Waals surface area contributed by atoms with E-state index in [1.54, 1.807) is 11.8 Å². The lowest BCUT2D eigenvalue weighted by molar-refractivity contribution is -0.383. The number of rotatable bonds is 6. The Hall–Kier alpha value is -0.840. The van der Waals surface area contributed by atoms with Crippen LogP contribution in [-0.4, -0.2) is 37.9 Å². The number of thiophene rings is 1. The van der Waals surface area contributed by atoms with E-state index in [4.69, 9.17) is 0 Å². The van der Waals surface area contributed by atoms with Gasteiger partial charge in [-0.25, -0.2) is 13.1 Å². The number of anilines is 1. The fourth-order valence-corrected chi connectivity index (χ4v) is 6.04. The minimum Gasteiger partial charge on any atom is -0.374 e. The summed E-state index contributed by atoms with van der Waals surface area (Å²) in [5, 5.41) is 14.1. The van der Waals surface area contributed by atoms with E-state index in [1.807, 2.05) is 6.26 Å². The molecule has 0 bridgehead atoms. The monoisotopic (exact) mass is 351 g/mol. The molecule has 1 heterocycles. The van der Waals surface area contributed by atoms with Crippen molar-refractivity contribution >= 4 is 43.8 Å². The molecule has 1 saturated carbocycles. The van der Waals surface area contributed by atoms with Crippen LogP contribution in [0.3, 0.4) is 0 Å². The second kappa shape index (κ2) is 6.51. The van der Waals surface area contributed by atoms with Gasteiger partial charge in [0.25, 0.3) is 10.0 Å². The van der Waals surface area contributed by atoms with Gasteiger partial charge < -0.3 is 5.32 Å². The highest BCUT2D eigenvalue weighted by Crippen LogP contribution is 2.37. The van der Waals surface area contributed by atoms with Crippen molar-refractivity contribution in [1.29, 1.82) is 0 Å². The topological polar surface area (TPSA) is 101 Å². The van der Waals surface area contributed by atoms with Crippen LogP contribution in [0.1, 0.15) is 19.3 Å². The first-order valence-corrected chi connectivity index (χ1v) is 9.99. The van der Waals surface area contributed by atoms with Gasteiger partial charge in [-0.2, -0.15) is 11.8 Å². The van der Waals surface area contributed by atoms with E-state index in [-0.39, 0.29) is 26.2 Å². The lowest BCUT2D eigenvalue weighted by atomic mass is 10.3. The molecule has 21 heavy (non-hydrogen) atoms. The molecule has 2 atom stereocenters. The molecule has 7 nitrogen and oxygen atoms in total. The van der Waals surface area contributed by atoms with Crippen LogP contribution in [-0.2, 0) is 10.0 Å². The maximum Gasteiger partial charge on any atom is 0.304 e. The molecule has 2 N–H and O–H groups in total. The Morgan fingerprint density at radius 1 is 1.48 bits per heavy atom. The van der Waals surface area contributed by atoms with Gasteiger partial charge in [-0.05, 0) is 19.1 Å². The molecule has 1 aromatic heterocycles. The summed E-state index contributed by atoms with van der Waals surface area (Å²) in [5.41, 5.74) is -0.212. The summed E-state index contributed by atoms with van der Waals surface area (Å²) in [4.78, 5) is 10.3. The third kappa shape index (κ3) is 3.50. The molecular weight excluding hydrogens is 334 g/mol. The van der Waals surface area contributed by atoms with Gasteiger partial charge in [-0.3, -0.25) is 10.1 Å². The predicted molar refractivity (Wildman–Crippen MR) is 85.8 cm³/mol. The number of thioether (sulfide) groups is 1.